The van der Waals surface area contributed by atoms with E-state index in [1.54, 1.807) is 35.4 Å². The number of para-hydroxylation sites is 1. The summed E-state index contributed by atoms with van der Waals surface area (Å²) in [6.45, 7) is 0.721. The number of imidazole rings is 1. The fraction of sp³-hybridized carbons (Fsp3) is 0.333. The van der Waals surface area contributed by atoms with Crippen molar-refractivity contribution in [2.75, 3.05) is 19.6 Å². The van der Waals surface area contributed by atoms with Gasteiger partial charge in [0.2, 0.25) is 11.8 Å². The topological polar surface area (TPSA) is 108 Å². The number of benzene rings is 1. The summed E-state index contributed by atoms with van der Waals surface area (Å²) in [4.78, 5) is 47.5. The first-order chi connectivity index (χ1) is 13.1. The van der Waals surface area contributed by atoms with Crippen LogP contribution >= 0.6 is 0 Å². The molecular formula is C18H19N5O4. The van der Waals surface area contributed by atoms with Crippen molar-refractivity contribution in [3.63, 3.8) is 0 Å². The maximum atomic E-state index is 12.7. The average Bonchev–Trinajstić information content (AvgIpc) is 3.19. The van der Waals surface area contributed by atoms with Crippen LogP contribution in [-0.2, 0) is 16.0 Å². The third kappa shape index (κ3) is 3.48. The maximum Gasteiger partial charge on any atom is 0.415 e. The zero-order chi connectivity index (χ0) is 18.8. The smallest absolute Gasteiger partial charge is 0.410 e. The molecule has 0 saturated carbocycles. The number of carbonyl (C=O) groups excluding carboxylic acids is 3. The number of ether oxygens (including phenoxy) is 1. The van der Waals surface area contributed by atoms with E-state index < -0.39 is 18.2 Å². The molecule has 2 aliphatic heterocycles. The fourth-order valence-electron chi connectivity index (χ4n) is 3.38. The number of aromatic nitrogens is 2. The molecule has 1 aromatic heterocycles. The summed E-state index contributed by atoms with van der Waals surface area (Å²) in [5, 5.41) is 2.76. The molecular weight excluding hydrogens is 350 g/mol. The van der Waals surface area contributed by atoms with E-state index in [0.717, 1.165) is 5.69 Å². The Labute approximate surface area is 155 Å². The van der Waals surface area contributed by atoms with Crippen molar-refractivity contribution in [3.8, 4) is 5.75 Å². The van der Waals surface area contributed by atoms with Gasteiger partial charge in [-0.25, -0.2) is 9.78 Å². The molecule has 2 N–H and O–H groups in total. The van der Waals surface area contributed by atoms with Gasteiger partial charge >= 0.3 is 6.09 Å². The molecule has 9 nitrogen and oxygen atoms in total. The molecule has 2 atom stereocenters. The zero-order valence-electron chi connectivity index (χ0n) is 14.5. The number of nitrogens with zero attached hydrogens (tertiary/aromatic N) is 3. The highest BCUT2D eigenvalue weighted by Crippen LogP contribution is 2.19. The Morgan fingerprint density at radius 3 is 2.78 bits per heavy atom. The van der Waals surface area contributed by atoms with E-state index in [9.17, 15) is 14.4 Å². The maximum absolute atomic E-state index is 12.7. The highest BCUT2D eigenvalue weighted by atomic mass is 16.6. The van der Waals surface area contributed by atoms with Gasteiger partial charge in [0.25, 0.3) is 0 Å². The van der Waals surface area contributed by atoms with Gasteiger partial charge in [0, 0.05) is 31.4 Å². The Hall–Kier alpha value is -3.36. The zero-order valence-corrected chi connectivity index (χ0v) is 14.5. The summed E-state index contributed by atoms with van der Waals surface area (Å²) in [7, 11) is 0. The standard InChI is InChI=1S/C18H19N5O4/c24-16-15-10-22(18(26)27-13-4-2-1-3-5-13)6-7-23(15)17(25)14(21-16)8-12-9-19-11-20-12/h1-5,9,11,14-15H,6-8,10H2,(H,19,20)(H,21,24)/t14-,15+/m0/s1. The third-order valence-electron chi connectivity index (χ3n) is 4.77. The molecule has 2 fully saturated rings. The lowest BCUT2D eigenvalue weighted by atomic mass is 10.0. The number of aromatic amines is 1. The van der Waals surface area contributed by atoms with Gasteiger partial charge in [-0.2, -0.15) is 0 Å². The summed E-state index contributed by atoms with van der Waals surface area (Å²) in [6.07, 6.45) is 2.99. The van der Waals surface area contributed by atoms with Gasteiger partial charge < -0.3 is 24.8 Å². The van der Waals surface area contributed by atoms with Crippen LogP contribution < -0.4 is 10.1 Å². The molecule has 9 heteroatoms. The summed E-state index contributed by atoms with van der Waals surface area (Å²) in [5.41, 5.74) is 0.775. The number of carbonyl (C=O) groups is 3. The highest BCUT2D eigenvalue weighted by Gasteiger charge is 2.44. The van der Waals surface area contributed by atoms with Gasteiger partial charge in [-0.05, 0) is 12.1 Å². The number of nitrogens with one attached hydrogen (secondary N) is 2. The van der Waals surface area contributed by atoms with E-state index in [1.165, 1.54) is 11.2 Å². The molecule has 0 aliphatic carbocycles. The minimum atomic E-state index is -0.701. The molecule has 0 bridgehead atoms. The predicted molar refractivity (Wildman–Crippen MR) is 93.8 cm³/mol. The summed E-state index contributed by atoms with van der Waals surface area (Å²) >= 11 is 0. The second-order valence-corrected chi connectivity index (χ2v) is 6.52. The van der Waals surface area contributed by atoms with Crippen molar-refractivity contribution < 1.29 is 19.1 Å². The molecule has 140 valence electrons. The quantitative estimate of drug-likeness (QED) is 0.802. The number of amides is 3. The van der Waals surface area contributed by atoms with Gasteiger partial charge in [0.1, 0.15) is 17.8 Å². The molecule has 27 heavy (non-hydrogen) atoms. The minimum Gasteiger partial charge on any atom is -0.410 e. The molecule has 0 unspecified atom stereocenters. The van der Waals surface area contributed by atoms with Crippen LogP contribution in [0.25, 0.3) is 0 Å². The van der Waals surface area contributed by atoms with Crippen LogP contribution in [-0.4, -0.2) is 69.4 Å². The lowest BCUT2D eigenvalue weighted by Crippen LogP contribution is -2.70. The fourth-order valence-corrected chi connectivity index (χ4v) is 3.38. The molecule has 3 amide bonds. The predicted octanol–water partition coefficient (Wildman–Crippen LogP) is 0.162. The van der Waals surface area contributed by atoms with Crippen LogP contribution in [0.2, 0.25) is 0 Å². The van der Waals surface area contributed by atoms with Gasteiger partial charge in [-0.3, -0.25) is 9.59 Å². The van der Waals surface area contributed by atoms with E-state index in [1.807, 2.05) is 6.07 Å². The van der Waals surface area contributed by atoms with E-state index in [4.69, 9.17) is 4.74 Å². The number of rotatable bonds is 3. The molecule has 2 aromatic rings. The molecule has 4 rings (SSSR count). The summed E-state index contributed by atoms with van der Waals surface area (Å²) in [6, 6.07) is 7.41. The SMILES string of the molecule is O=C1N[C@@H](Cc2cnc[nH]2)C(=O)N2CCN(C(=O)Oc3ccccc3)C[C@H]12. The van der Waals surface area contributed by atoms with E-state index in [2.05, 4.69) is 15.3 Å². The molecule has 2 saturated heterocycles. The van der Waals surface area contributed by atoms with Gasteiger partial charge in [-0.15, -0.1) is 0 Å². The monoisotopic (exact) mass is 369 g/mol. The lowest BCUT2D eigenvalue weighted by Gasteiger charge is -2.44. The van der Waals surface area contributed by atoms with Gasteiger partial charge in [0.15, 0.2) is 0 Å². The summed E-state index contributed by atoms with van der Waals surface area (Å²) in [5.74, 6) is 0.0235. The van der Waals surface area contributed by atoms with Crippen molar-refractivity contribution in [2.24, 2.45) is 0 Å². The van der Waals surface area contributed by atoms with Crippen molar-refractivity contribution in [2.45, 2.75) is 18.5 Å². The Kier molecular flexibility index (Phi) is 4.49. The van der Waals surface area contributed by atoms with Gasteiger partial charge in [-0.1, -0.05) is 18.2 Å². The second-order valence-electron chi connectivity index (χ2n) is 6.52. The van der Waals surface area contributed by atoms with Crippen LogP contribution in [0.4, 0.5) is 4.79 Å². The number of piperazine rings is 2. The molecule has 1 aromatic carbocycles. The third-order valence-corrected chi connectivity index (χ3v) is 4.77. The Balaban J connectivity index is 1.41. The minimum absolute atomic E-state index is 0.111. The van der Waals surface area contributed by atoms with Crippen LogP contribution in [0.3, 0.4) is 0 Å². The first kappa shape index (κ1) is 17.1. The Morgan fingerprint density at radius 2 is 2.04 bits per heavy atom. The van der Waals surface area contributed by atoms with Crippen molar-refractivity contribution >= 4 is 17.9 Å². The largest absolute Gasteiger partial charge is 0.415 e. The van der Waals surface area contributed by atoms with Crippen LogP contribution in [0.5, 0.6) is 5.75 Å². The number of hydrogen-bond donors (Lipinski definition) is 2. The van der Waals surface area contributed by atoms with E-state index in [-0.39, 0.29) is 18.4 Å². The Bertz CT molecular complexity index is 839. The lowest BCUT2D eigenvalue weighted by molar-refractivity contribution is -0.152. The Morgan fingerprint density at radius 1 is 1.22 bits per heavy atom. The first-order valence-electron chi connectivity index (χ1n) is 8.72. The van der Waals surface area contributed by atoms with Crippen molar-refractivity contribution in [1.29, 1.82) is 0 Å². The van der Waals surface area contributed by atoms with Crippen LogP contribution in [0, 0.1) is 0 Å². The normalized spacial score (nSPS) is 22.2. The molecule has 3 heterocycles. The number of hydrogen-bond acceptors (Lipinski definition) is 5. The highest BCUT2D eigenvalue weighted by molar-refractivity contribution is 5.97. The number of H-pyrrole nitrogens is 1. The number of fused-ring (bicyclic) bond motifs is 1. The first-order valence-corrected chi connectivity index (χ1v) is 8.72. The van der Waals surface area contributed by atoms with Crippen LogP contribution in [0.15, 0.2) is 42.9 Å². The molecule has 2 aliphatic rings. The van der Waals surface area contributed by atoms with Crippen molar-refractivity contribution in [3.05, 3.63) is 48.5 Å². The van der Waals surface area contributed by atoms with E-state index >= 15 is 0 Å². The summed E-state index contributed by atoms with van der Waals surface area (Å²) < 4.78 is 5.33. The molecule has 0 radical (unpaired) electrons. The van der Waals surface area contributed by atoms with E-state index in [0.29, 0.717) is 25.3 Å². The molecule has 0 spiro atoms. The van der Waals surface area contributed by atoms with Crippen LogP contribution in [0.1, 0.15) is 5.69 Å². The van der Waals surface area contributed by atoms with Gasteiger partial charge in [0.05, 0.1) is 12.9 Å². The average molecular weight is 369 g/mol. The second kappa shape index (κ2) is 7.10. The van der Waals surface area contributed by atoms with Crippen molar-refractivity contribution in [1.82, 2.24) is 25.1 Å².